The number of pyridine rings is 1. The molecule has 25 heavy (non-hydrogen) atoms. The van der Waals surface area contributed by atoms with Crippen LogP contribution in [-0.4, -0.2) is 43.7 Å². The van der Waals surface area contributed by atoms with Crippen molar-refractivity contribution in [2.24, 2.45) is 5.92 Å². The normalized spacial score (nSPS) is 18.5. The Balaban J connectivity index is 1.41. The van der Waals surface area contributed by atoms with Crippen molar-refractivity contribution in [3.8, 4) is 0 Å². The third-order valence-corrected chi connectivity index (χ3v) is 5.97. The number of hydrogen-bond acceptors (Lipinski definition) is 4. The molecule has 1 unspecified atom stereocenters. The fourth-order valence-corrected chi connectivity index (χ4v) is 4.32. The van der Waals surface area contributed by atoms with Gasteiger partial charge in [0.05, 0.1) is 5.75 Å². The minimum atomic E-state index is -3.23. The second-order valence-corrected chi connectivity index (χ2v) is 8.57. The van der Waals surface area contributed by atoms with Crippen LogP contribution >= 0.6 is 0 Å². The molecule has 2 aromatic rings. The molecule has 1 N–H and O–H groups in total. The van der Waals surface area contributed by atoms with Crippen molar-refractivity contribution < 1.29 is 8.42 Å². The van der Waals surface area contributed by atoms with E-state index >= 15 is 0 Å². The fraction of sp³-hybridized carbons (Fsp3) is 0.421. The summed E-state index contributed by atoms with van der Waals surface area (Å²) in [5.41, 5.74) is 2.30. The van der Waals surface area contributed by atoms with E-state index in [1.54, 1.807) is 12.4 Å². The first-order valence-electron chi connectivity index (χ1n) is 8.73. The number of hydrogen-bond donors (Lipinski definition) is 1. The van der Waals surface area contributed by atoms with Gasteiger partial charge in [-0.15, -0.1) is 0 Å². The van der Waals surface area contributed by atoms with Gasteiger partial charge in [0, 0.05) is 32.0 Å². The Morgan fingerprint density at radius 2 is 1.84 bits per heavy atom. The second-order valence-electron chi connectivity index (χ2n) is 6.65. The Kier molecular flexibility index (Phi) is 6.18. The zero-order valence-corrected chi connectivity index (χ0v) is 15.2. The summed E-state index contributed by atoms with van der Waals surface area (Å²) in [5.74, 6) is 0.511. The molecule has 3 rings (SSSR count). The lowest BCUT2D eigenvalue weighted by molar-refractivity contribution is 0.316. The SMILES string of the molecule is O=S(=O)(CCc1ccncc1)NCC1CCN(Cc2ccccc2)C1. The van der Waals surface area contributed by atoms with E-state index in [0.29, 0.717) is 18.9 Å². The molecule has 0 bridgehead atoms. The van der Waals surface area contributed by atoms with Crippen molar-refractivity contribution in [3.63, 3.8) is 0 Å². The Labute approximate surface area is 150 Å². The lowest BCUT2D eigenvalue weighted by atomic mass is 10.1. The van der Waals surface area contributed by atoms with Gasteiger partial charge in [0.2, 0.25) is 10.0 Å². The number of sulfonamides is 1. The minimum Gasteiger partial charge on any atom is -0.299 e. The quantitative estimate of drug-likeness (QED) is 0.784. The number of rotatable bonds is 8. The first-order chi connectivity index (χ1) is 12.1. The monoisotopic (exact) mass is 359 g/mol. The predicted octanol–water partition coefficient (Wildman–Crippen LogP) is 2.07. The molecule has 1 aromatic carbocycles. The molecule has 1 saturated heterocycles. The average Bonchev–Trinajstić information content (AvgIpc) is 3.08. The van der Waals surface area contributed by atoms with Crippen LogP contribution in [0, 0.1) is 5.92 Å². The number of aryl methyl sites for hydroxylation is 1. The number of nitrogens with one attached hydrogen (secondary N) is 1. The summed E-state index contributed by atoms with van der Waals surface area (Å²) in [7, 11) is -3.23. The van der Waals surface area contributed by atoms with Crippen LogP contribution < -0.4 is 4.72 Å². The van der Waals surface area contributed by atoms with Crippen LogP contribution in [0.5, 0.6) is 0 Å². The van der Waals surface area contributed by atoms with E-state index in [1.807, 2.05) is 18.2 Å². The Morgan fingerprint density at radius 3 is 2.60 bits per heavy atom. The molecular formula is C19H25N3O2S. The van der Waals surface area contributed by atoms with E-state index < -0.39 is 10.0 Å². The van der Waals surface area contributed by atoms with Crippen molar-refractivity contribution >= 4 is 10.0 Å². The Bertz CT molecular complexity index is 751. The summed E-state index contributed by atoms with van der Waals surface area (Å²) < 4.78 is 27.2. The topological polar surface area (TPSA) is 62.3 Å². The van der Waals surface area contributed by atoms with Gasteiger partial charge in [0.15, 0.2) is 0 Å². The molecule has 0 aliphatic carbocycles. The van der Waals surface area contributed by atoms with Gasteiger partial charge >= 0.3 is 0 Å². The van der Waals surface area contributed by atoms with Crippen LogP contribution in [-0.2, 0) is 23.0 Å². The van der Waals surface area contributed by atoms with Gasteiger partial charge in [-0.2, -0.15) is 0 Å². The molecule has 5 nitrogen and oxygen atoms in total. The summed E-state index contributed by atoms with van der Waals surface area (Å²) in [6, 6.07) is 14.1. The Morgan fingerprint density at radius 1 is 1.08 bits per heavy atom. The number of likely N-dealkylation sites (tertiary alicyclic amines) is 1. The molecule has 6 heteroatoms. The lowest BCUT2D eigenvalue weighted by Crippen LogP contribution is -2.33. The van der Waals surface area contributed by atoms with Crippen LogP contribution in [0.2, 0.25) is 0 Å². The largest absolute Gasteiger partial charge is 0.299 e. The molecule has 1 atom stereocenters. The van der Waals surface area contributed by atoms with Crippen molar-refractivity contribution in [3.05, 3.63) is 66.0 Å². The van der Waals surface area contributed by atoms with Gasteiger partial charge in [-0.25, -0.2) is 13.1 Å². The van der Waals surface area contributed by atoms with E-state index in [4.69, 9.17) is 0 Å². The van der Waals surface area contributed by atoms with Crippen molar-refractivity contribution in [1.82, 2.24) is 14.6 Å². The molecule has 134 valence electrons. The highest BCUT2D eigenvalue weighted by atomic mass is 32.2. The first kappa shape index (κ1) is 18.0. The van der Waals surface area contributed by atoms with Gasteiger partial charge in [-0.3, -0.25) is 9.88 Å². The molecule has 0 amide bonds. The van der Waals surface area contributed by atoms with E-state index in [2.05, 4.69) is 38.9 Å². The van der Waals surface area contributed by atoms with Crippen molar-refractivity contribution in [1.29, 1.82) is 0 Å². The molecule has 1 aromatic heterocycles. The molecule has 0 saturated carbocycles. The van der Waals surface area contributed by atoms with E-state index in [0.717, 1.165) is 31.6 Å². The van der Waals surface area contributed by atoms with Gasteiger partial charge in [0.25, 0.3) is 0 Å². The molecule has 1 aliphatic heterocycles. The average molecular weight is 359 g/mol. The molecule has 2 heterocycles. The van der Waals surface area contributed by atoms with Crippen LogP contribution in [0.3, 0.4) is 0 Å². The highest BCUT2D eigenvalue weighted by Gasteiger charge is 2.23. The van der Waals surface area contributed by atoms with Crippen molar-refractivity contribution in [2.75, 3.05) is 25.4 Å². The third-order valence-electron chi connectivity index (χ3n) is 4.62. The molecule has 1 aliphatic rings. The zero-order valence-electron chi connectivity index (χ0n) is 14.3. The van der Waals surface area contributed by atoms with Crippen LogP contribution in [0.25, 0.3) is 0 Å². The first-order valence-corrected chi connectivity index (χ1v) is 10.4. The standard InChI is InChI=1S/C19H25N3O2S/c23-25(24,13-9-17-6-10-20-11-7-17)21-14-19-8-12-22(16-19)15-18-4-2-1-3-5-18/h1-7,10-11,19,21H,8-9,12-16H2. The van der Waals surface area contributed by atoms with E-state index in [1.165, 1.54) is 5.56 Å². The second kappa shape index (κ2) is 8.56. The summed E-state index contributed by atoms with van der Waals surface area (Å²) in [6.07, 6.45) is 4.94. The zero-order chi connectivity index (χ0) is 17.5. The minimum absolute atomic E-state index is 0.122. The summed E-state index contributed by atoms with van der Waals surface area (Å²) in [6.45, 7) is 3.44. The fourth-order valence-electron chi connectivity index (χ4n) is 3.18. The summed E-state index contributed by atoms with van der Waals surface area (Å²) in [4.78, 5) is 6.34. The van der Waals surface area contributed by atoms with Crippen LogP contribution in [0.15, 0.2) is 54.9 Å². The smallest absolute Gasteiger partial charge is 0.211 e. The Hall–Kier alpha value is -1.76. The maximum Gasteiger partial charge on any atom is 0.211 e. The van der Waals surface area contributed by atoms with E-state index in [9.17, 15) is 8.42 Å². The molecule has 1 fully saturated rings. The third kappa shape index (κ3) is 5.92. The summed E-state index contributed by atoms with van der Waals surface area (Å²) >= 11 is 0. The van der Waals surface area contributed by atoms with Gasteiger partial charge in [0.1, 0.15) is 0 Å². The number of benzene rings is 1. The van der Waals surface area contributed by atoms with Crippen LogP contribution in [0.1, 0.15) is 17.5 Å². The van der Waals surface area contributed by atoms with Crippen LogP contribution in [0.4, 0.5) is 0 Å². The molecule has 0 spiro atoms. The van der Waals surface area contributed by atoms with E-state index in [-0.39, 0.29) is 5.75 Å². The van der Waals surface area contributed by atoms with Gasteiger partial charge < -0.3 is 0 Å². The number of aromatic nitrogens is 1. The summed E-state index contributed by atoms with van der Waals surface area (Å²) in [5, 5.41) is 0. The lowest BCUT2D eigenvalue weighted by Gasteiger charge is -2.16. The molecule has 0 radical (unpaired) electrons. The van der Waals surface area contributed by atoms with Crippen molar-refractivity contribution in [2.45, 2.75) is 19.4 Å². The predicted molar refractivity (Wildman–Crippen MR) is 99.6 cm³/mol. The highest BCUT2D eigenvalue weighted by Crippen LogP contribution is 2.18. The van der Waals surface area contributed by atoms with Gasteiger partial charge in [-0.05, 0) is 48.6 Å². The highest BCUT2D eigenvalue weighted by molar-refractivity contribution is 7.89. The maximum absolute atomic E-state index is 12.2. The van der Waals surface area contributed by atoms with Gasteiger partial charge in [-0.1, -0.05) is 30.3 Å². The molecular weight excluding hydrogens is 334 g/mol. The number of nitrogens with zero attached hydrogens (tertiary/aromatic N) is 2. The maximum atomic E-state index is 12.2.